The third kappa shape index (κ3) is 5.61. The van der Waals surface area contributed by atoms with E-state index in [-0.39, 0.29) is 12.4 Å². The second-order valence-electron chi connectivity index (χ2n) is 4.62. The fourth-order valence-electron chi connectivity index (χ4n) is 1.82. The lowest BCUT2D eigenvalue weighted by molar-refractivity contribution is 0.304. The molecule has 124 valence electrons. The zero-order valence-electron chi connectivity index (χ0n) is 12.8. The number of furan rings is 1. The van der Waals surface area contributed by atoms with Gasteiger partial charge in [-0.05, 0) is 31.2 Å². The van der Waals surface area contributed by atoms with E-state index >= 15 is 0 Å². The molecule has 5 nitrogen and oxygen atoms in total. The van der Waals surface area contributed by atoms with Crippen molar-refractivity contribution in [2.24, 2.45) is 4.99 Å². The highest BCUT2D eigenvalue weighted by Crippen LogP contribution is 2.17. The molecule has 2 N–H and O–H groups in total. The number of nitrogens with one attached hydrogen (secondary N) is 2. The molecule has 0 aliphatic carbocycles. The molecule has 0 atom stereocenters. The summed E-state index contributed by atoms with van der Waals surface area (Å²) < 4.78 is 36.7. The van der Waals surface area contributed by atoms with Gasteiger partial charge in [-0.25, -0.2) is 13.8 Å². The number of aliphatic imine (C=N–C) groups is 1. The number of hydrogen-bond acceptors (Lipinski definition) is 3. The van der Waals surface area contributed by atoms with Crippen LogP contribution < -0.4 is 15.4 Å². The first-order chi connectivity index (χ1) is 11.2. The van der Waals surface area contributed by atoms with Crippen LogP contribution in [0.25, 0.3) is 0 Å². The van der Waals surface area contributed by atoms with E-state index in [1.165, 1.54) is 6.07 Å². The molecule has 0 amide bonds. The number of nitrogens with zero attached hydrogens (tertiary/aromatic N) is 1. The van der Waals surface area contributed by atoms with Crippen LogP contribution in [0.1, 0.15) is 12.7 Å². The molecule has 0 aliphatic rings. The largest absolute Gasteiger partial charge is 0.489 e. The first-order valence-corrected chi connectivity index (χ1v) is 7.31. The molecule has 2 aromatic rings. The van der Waals surface area contributed by atoms with Gasteiger partial charge in [-0.1, -0.05) is 0 Å². The van der Waals surface area contributed by atoms with Crippen molar-refractivity contribution in [3.63, 3.8) is 0 Å². The van der Waals surface area contributed by atoms with E-state index in [1.54, 1.807) is 12.3 Å². The fraction of sp³-hybridized carbons (Fsp3) is 0.312. The molecule has 1 aromatic heterocycles. The van der Waals surface area contributed by atoms with Gasteiger partial charge in [0.15, 0.2) is 17.5 Å². The Balaban J connectivity index is 1.78. The summed E-state index contributed by atoms with van der Waals surface area (Å²) in [6.45, 7) is 3.70. The minimum absolute atomic E-state index is 0.0192. The summed E-state index contributed by atoms with van der Waals surface area (Å²) in [6, 6.07) is 6.85. The predicted molar refractivity (Wildman–Crippen MR) is 83.4 cm³/mol. The molecule has 0 radical (unpaired) electrons. The quantitative estimate of drug-likeness (QED) is 0.467. The maximum Gasteiger partial charge on any atom is 0.191 e. The van der Waals surface area contributed by atoms with Crippen molar-refractivity contribution in [3.8, 4) is 5.75 Å². The van der Waals surface area contributed by atoms with E-state index in [0.717, 1.165) is 17.9 Å². The summed E-state index contributed by atoms with van der Waals surface area (Å²) in [5.74, 6) is 0.0282. The smallest absolute Gasteiger partial charge is 0.191 e. The number of hydrogen-bond donors (Lipinski definition) is 2. The Morgan fingerprint density at radius 1 is 1.26 bits per heavy atom. The molecule has 7 heteroatoms. The summed E-state index contributed by atoms with van der Waals surface area (Å²) in [6.07, 6.45) is 1.59. The van der Waals surface area contributed by atoms with Gasteiger partial charge in [0.05, 0.1) is 12.8 Å². The first-order valence-electron chi connectivity index (χ1n) is 7.31. The second-order valence-corrected chi connectivity index (χ2v) is 4.62. The van der Waals surface area contributed by atoms with E-state index in [9.17, 15) is 8.78 Å². The van der Waals surface area contributed by atoms with Crippen molar-refractivity contribution < 1.29 is 17.9 Å². The van der Waals surface area contributed by atoms with Crippen LogP contribution in [-0.4, -0.2) is 25.7 Å². The van der Waals surface area contributed by atoms with Crippen LogP contribution in [0.4, 0.5) is 8.78 Å². The lowest BCUT2D eigenvalue weighted by Crippen LogP contribution is -2.39. The first kappa shape index (κ1) is 16.8. The average molecular weight is 323 g/mol. The van der Waals surface area contributed by atoms with Crippen LogP contribution in [0.2, 0.25) is 0 Å². The van der Waals surface area contributed by atoms with E-state index in [4.69, 9.17) is 9.15 Å². The number of ether oxygens (including phenoxy) is 1. The zero-order chi connectivity index (χ0) is 16.5. The van der Waals surface area contributed by atoms with Crippen molar-refractivity contribution in [2.75, 3.05) is 19.7 Å². The highest BCUT2D eigenvalue weighted by Gasteiger charge is 2.05. The highest BCUT2D eigenvalue weighted by atomic mass is 19.1. The molecule has 23 heavy (non-hydrogen) atoms. The lowest BCUT2D eigenvalue weighted by Gasteiger charge is -2.12. The Hall–Kier alpha value is -2.57. The van der Waals surface area contributed by atoms with Crippen molar-refractivity contribution in [2.45, 2.75) is 13.5 Å². The van der Waals surface area contributed by atoms with Gasteiger partial charge < -0.3 is 19.8 Å². The predicted octanol–water partition coefficient (Wildman–Crippen LogP) is 2.69. The van der Waals surface area contributed by atoms with Crippen molar-refractivity contribution >= 4 is 5.96 Å². The molecule has 0 bridgehead atoms. The normalized spacial score (nSPS) is 11.3. The Kier molecular flexibility index (Phi) is 6.40. The standard InChI is InChI=1S/C16H19F2N3O2/c1-2-19-16(21-11-13-4-3-8-22-13)20-7-9-23-15-6-5-12(17)10-14(15)18/h3-6,8,10H,2,7,9,11H2,1H3,(H2,19,20,21). The molecule has 0 saturated carbocycles. The van der Waals surface area contributed by atoms with E-state index < -0.39 is 11.6 Å². The Morgan fingerprint density at radius 3 is 2.83 bits per heavy atom. The van der Waals surface area contributed by atoms with Crippen LogP contribution in [0.15, 0.2) is 46.0 Å². The third-order valence-electron chi connectivity index (χ3n) is 2.86. The topological polar surface area (TPSA) is 58.8 Å². The van der Waals surface area contributed by atoms with E-state index in [1.807, 2.05) is 13.0 Å². The maximum atomic E-state index is 13.4. The van der Waals surface area contributed by atoms with Crippen molar-refractivity contribution in [1.29, 1.82) is 0 Å². The van der Waals surface area contributed by atoms with Gasteiger partial charge in [-0.3, -0.25) is 0 Å². The second kappa shape index (κ2) is 8.77. The van der Waals surface area contributed by atoms with Crippen molar-refractivity contribution in [3.05, 3.63) is 54.0 Å². The van der Waals surface area contributed by atoms with Crippen LogP contribution in [0.5, 0.6) is 5.75 Å². The summed E-state index contributed by atoms with van der Waals surface area (Å²) in [7, 11) is 0. The number of rotatable bonds is 7. The van der Waals surface area contributed by atoms with Gasteiger partial charge in [-0.15, -0.1) is 0 Å². The summed E-state index contributed by atoms with van der Waals surface area (Å²) in [4.78, 5) is 4.35. The minimum atomic E-state index is -0.719. The molecule has 2 rings (SSSR count). The molecule has 0 spiro atoms. The van der Waals surface area contributed by atoms with Gasteiger partial charge in [0.2, 0.25) is 0 Å². The number of halogens is 2. The average Bonchev–Trinajstić information content (AvgIpc) is 3.04. The molecule has 0 aliphatic heterocycles. The third-order valence-corrected chi connectivity index (χ3v) is 2.86. The summed E-state index contributed by atoms with van der Waals surface area (Å²) in [5.41, 5.74) is 0. The van der Waals surface area contributed by atoms with Gasteiger partial charge in [0, 0.05) is 12.6 Å². The highest BCUT2D eigenvalue weighted by molar-refractivity contribution is 5.79. The molecular formula is C16H19F2N3O2. The Bertz CT molecular complexity index is 630. The summed E-state index contributed by atoms with van der Waals surface area (Å²) >= 11 is 0. The summed E-state index contributed by atoms with van der Waals surface area (Å²) in [5, 5.41) is 6.14. The van der Waals surface area contributed by atoms with Crippen LogP contribution in [0, 0.1) is 11.6 Å². The van der Waals surface area contributed by atoms with E-state index in [2.05, 4.69) is 15.6 Å². The van der Waals surface area contributed by atoms with Crippen LogP contribution in [0.3, 0.4) is 0 Å². The van der Waals surface area contributed by atoms with Gasteiger partial charge >= 0.3 is 0 Å². The lowest BCUT2D eigenvalue weighted by atomic mass is 10.3. The Labute approximate surface area is 133 Å². The molecule has 0 unspecified atom stereocenters. The minimum Gasteiger partial charge on any atom is -0.489 e. The number of guanidine groups is 1. The fourth-order valence-corrected chi connectivity index (χ4v) is 1.82. The molecule has 1 aromatic carbocycles. The number of benzene rings is 1. The Morgan fingerprint density at radius 2 is 2.13 bits per heavy atom. The van der Waals surface area contributed by atoms with Crippen LogP contribution in [-0.2, 0) is 6.54 Å². The molecule has 1 heterocycles. The monoisotopic (exact) mass is 323 g/mol. The zero-order valence-corrected chi connectivity index (χ0v) is 12.8. The maximum absolute atomic E-state index is 13.4. The van der Waals surface area contributed by atoms with Crippen LogP contribution >= 0.6 is 0 Å². The SMILES string of the molecule is CCNC(=NCc1ccco1)NCCOc1ccc(F)cc1F. The van der Waals surface area contributed by atoms with Crippen molar-refractivity contribution in [1.82, 2.24) is 10.6 Å². The van der Waals surface area contributed by atoms with Gasteiger partial charge in [-0.2, -0.15) is 0 Å². The molecule has 0 fully saturated rings. The van der Waals surface area contributed by atoms with Gasteiger partial charge in [0.1, 0.15) is 24.7 Å². The molecular weight excluding hydrogens is 304 g/mol. The molecule has 0 saturated heterocycles. The van der Waals surface area contributed by atoms with Gasteiger partial charge in [0.25, 0.3) is 0 Å². The van der Waals surface area contributed by atoms with E-state index in [0.29, 0.717) is 25.6 Å².